The van der Waals surface area contributed by atoms with E-state index in [0.29, 0.717) is 0 Å². The third kappa shape index (κ3) is 3.80. The lowest BCUT2D eigenvalue weighted by molar-refractivity contribution is 0.508. The lowest BCUT2D eigenvalue weighted by atomic mass is 10.2. The van der Waals surface area contributed by atoms with E-state index in [1.54, 1.807) is 0 Å². The van der Waals surface area contributed by atoms with Crippen molar-refractivity contribution in [2.24, 2.45) is 0 Å². The molecule has 0 saturated carbocycles. The summed E-state index contributed by atoms with van der Waals surface area (Å²) in [6.45, 7) is 2.88. The summed E-state index contributed by atoms with van der Waals surface area (Å²) in [5, 5.41) is 4.02. The van der Waals surface area contributed by atoms with E-state index in [-0.39, 0.29) is 0 Å². The average molecular weight is 270 g/mol. The molecule has 2 aromatic carbocycles. The molecule has 0 spiro atoms. The summed E-state index contributed by atoms with van der Waals surface area (Å²) >= 11 is 5.43. The van der Waals surface area contributed by atoms with Crippen molar-refractivity contribution in [3.05, 3.63) is 65.7 Å². The van der Waals surface area contributed by atoms with Crippen molar-refractivity contribution in [1.82, 2.24) is 4.90 Å². The highest BCUT2D eigenvalue weighted by molar-refractivity contribution is 7.80. The van der Waals surface area contributed by atoms with Crippen LogP contribution in [0.25, 0.3) is 0 Å². The van der Waals surface area contributed by atoms with Gasteiger partial charge in [0.2, 0.25) is 0 Å². The fraction of sp³-hybridized carbons (Fsp3) is 0.188. The van der Waals surface area contributed by atoms with E-state index >= 15 is 0 Å². The van der Waals surface area contributed by atoms with Crippen molar-refractivity contribution in [2.75, 3.05) is 12.4 Å². The smallest absolute Gasteiger partial charge is 0.173 e. The van der Waals surface area contributed by atoms with Gasteiger partial charge in [-0.1, -0.05) is 48.5 Å². The van der Waals surface area contributed by atoms with Gasteiger partial charge in [-0.3, -0.25) is 0 Å². The van der Waals surface area contributed by atoms with Gasteiger partial charge in [-0.15, -0.1) is 0 Å². The maximum atomic E-state index is 5.43. The summed E-state index contributed by atoms with van der Waals surface area (Å²) in [7, 11) is 2.00. The van der Waals surface area contributed by atoms with Crippen molar-refractivity contribution in [1.29, 1.82) is 0 Å². The Bertz CT molecular complexity index is 552. The first-order valence-corrected chi connectivity index (χ1v) is 6.69. The fourth-order valence-electron chi connectivity index (χ4n) is 1.85. The number of hydrogen-bond donors (Lipinski definition) is 1. The number of nitrogens with one attached hydrogen (secondary N) is 1. The van der Waals surface area contributed by atoms with E-state index in [2.05, 4.69) is 30.4 Å². The van der Waals surface area contributed by atoms with Crippen LogP contribution < -0.4 is 5.32 Å². The SMILES string of the molecule is Cc1ccccc1NC(=S)N(C)Cc1ccccc1. The van der Waals surface area contributed by atoms with Crippen LogP contribution in [0.2, 0.25) is 0 Å². The molecule has 0 radical (unpaired) electrons. The normalized spacial score (nSPS) is 10.0. The molecule has 0 amide bonds. The molecule has 0 saturated heterocycles. The Morgan fingerprint density at radius 2 is 1.68 bits per heavy atom. The van der Waals surface area contributed by atoms with Crippen LogP contribution in [0.15, 0.2) is 54.6 Å². The predicted octanol–water partition coefficient (Wildman–Crippen LogP) is 3.82. The summed E-state index contributed by atoms with van der Waals surface area (Å²) in [5.74, 6) is 0. The summed E-state index contributed by atoms with van der Waals surface area (Å²) < 4.78 is 0. The van der Waals surface area contributed by atoms with Gasteiger partial charge in [0.25, 0.3) is 0 Å². The highest BCUT2D eigenvalue weighted by Gasteiger charge is 2.06. The van der Waals surface area contributed by atoms with Crippen molar-refractivity contribution in [3.8, 4) is 0 Å². The van der Waals surface area contributed by atoms with Crippen LogP contribution in [0.3, 0.4) is 0 Å². The average Bonchev–Trinajstić information content (AvgIpc) is 2.42. The Balaban J connectivity index is 1.99. The number of benzene rings is 2. The molecule has 0 aromatic heterocycles. The van der Waals surface area contributed by atoms with Crippen LogP contribution in [0.1, 0.15) is 11.1 Å². The number of thiocarbonyl (C=S) groups is 1. The first-order chi connectivity index (χ1) is 9.16. The minimum absolute atomic E-state index is 0.734. The predicted molar refractivity (Wildman–Crippen MR) is 85.3 cm³/mol. The van der Waals surface area contributed by atoms with Crippen LogP contribution in [0, 0.1) is 6.92 Å². The number of anilines is 1. The van der Waals surface area contributed by atoms with Gasteiger partial charge in [-0.2, -0.15) is 0 Å². The van der Waals surface area contributed by atoms with Crippen LogP contribution in [-0.4, -0.2) is 17.1 Å². The molecule has 98 valence electrons. The molecule has 0 bridgehead atoms. The highest BCUT2D eigenvalue weighted by Crippen LogP contribution is 2.14. The molecule has 0 aliphatic carbocycles. The summed E-state index contributed by atoms with van der Waals surface area (Å²) in [5.41, 5.74) is 3.50. The van der Waals surface area contributed by atoms with Gasteiger partial charge < -0.3 is 10.2 Å². The number of hydrogen-bond acceptors (Lipinski definition) is 1. The molecule has 0 fully saturated rings. The second-order valence-corrected chi connectivity index (χ2v) is 4.97. The van der Waals surface area contributed by atoms with Gasteiger partial charge in [0.05, 0.1) is 0 Å². The van der Waals surface area contributed by atoms with Crippen LogP contribution >= 0.6 is 12.2 Å². The second kappa shape index (κ2) is 6.34. The molecule has 0 unspecified atom stereocenters. The summed E-state index contributed by atoms with van der Waals surface area (Å²) in [4.78, 5) is 2.04. The first kappa shape index (κ1) is 13.6. The van der Waals surface area contributed by atoms with Gasteiger partial charge >= 0.3 is 0 Å². The molecule has 0 atom stereocenters. The third-order valence-electron chi connectivity index (χ3n) is 3.00. The van der Waals surface area contributed by atoms with E-state index in [0.717, 1.165) is 17.3 Å². The molecule has 2 aromatic rings. The minimum Gasteiger partial charge on any atom is -0.348 e. The zero-order valence-corrected chi connectivity index (χ0v) is 12.1. The number of para-hydroxylation sites is 1. The molecular weight excluding hydrogens is 252 g/mol. The Labute approximate surface area is 120 Å². The number of rotatable bonds is 3. The molecule has 2 rings (SSSR count). The van der Waals surface area contributed by atoms with Gasteiger partial charge in [-0.05, 0) is 36.3 Å². The highest BCUT2D eigenvalue weighted by atomic mass is 32.1. The topological polar surface area (TPSA) is 15.3 Å². The van der Waals surface area contributed by atoms with Crippen molar-refractivity contribution >= 4 is 23.0 Å². The Morgan fingerprint density at radius 3 is 2.37 bits per heavy atom. The molecule has 0 aliphatic heterocycles. The van der Waals surface area contributed by atoms with E-state index < -0.39 is 0 Å². The number of nitrogens with zero attached hydrogens (tertiary/aromatic N) is 1. The standard InChI is InChI=1S/C16H18N2S/c1-13-8-6-7-11-15(13)17-16(19)18(2)12-14-9-4-3-5-10-14/h3-11H,12H2,1-2H3,(H,17,19). The Kier molecular flexibility index (Phi) is 4.53. The van der Waals surface area contributed by atoms with Gasteiger partial charge in [0, 0.05) is 19.3 Å². The summed E-state index contributed by atoms with van der Waals surface area (Å²) in [6, 6.07) is 18.5. The zero-order valence-electron chi connectivity index (χ0n) is 11.3. The largest absolute Gasteiger partial charge is 0.348 e. The molecule has 3 heteroatoms. The second-order valence-electron chi connectivity index (χ2n) is 4.59. The monoisotopic (exact) mass is 270 g/mol. The third-order valence-corrected chi connectivity index (χ3v) is 3.41. The fourth-order valence-corrected chi connectivity index (χ4v) is 2.03. The molecule has 1 N–H and O–H groups in total. The molecule has 2 nitrogen and oxygen atoms in total. The maximum absolute atomic E-state index is 5.43. The molecule has 19 heavy (non-hydrogen) atoms. The van der Waals surface area contributed by atoms with Crippen molar-refractivity contribution in [2.45, 2.75) is 13.5 Å². The van der Waals surface area contributed by atoms with Crippen LogP contribution in [0.5, 0.6) is 0 Å². The van der Waals surface area contributed by atoms with Crippen molar-refractivity contribution < 1.29 is 0 Å². The lowest BCUT2D eigenvalue weighted by Crippen LogP contribution is -2.30. The first-order valence-electron chi connectivity index (χ1n) is 6.28. The zero-order chi connectivity index (χ0) is 13.7. The molecule has 0 heterocycles. The lowest BCUT2D eigenvalue weighted by Gasteiger charge is -2.21. The maximum Gasteiger partial charge on any atom is 0.173 e. The van der Waals surface area contributed by atoms with Gasteiger partial charge in [0.1, 0.15) is 0 Å². The molecule has 0 aliphatic rings. The van der Waals surface area contributed by atoms with E-state index in [1.807, 2.05) is 48.3 Å². The van der Waals surface area contributed by atoms with Crippen LogP contribution in [0.4, 0.5) is 5.69 Å². The van der Waals surface area contributed by atoms with E-state index in [1.165, 1.54) is 11.1 Å². The van der Waals surface area contributed by atoms with Crippen LogP contribution in [-0.2, 0) is 6.54 Å². The Morgan fingerprint density at radius 1 is 1.05 bits per heavy atom. The molecular formula is C16H18N2S. The van der Waals surface area contributed by atoms with E-state index in [4.69, 9.17) is 12.2 Å². The van der Waals surface area contributed by atoms with Gasteiger partial charge in [-0.25, -0.2) is 0 Å². The van der Waals surface area contributed by atoms with Gasteiger partial charge in [0.15, 0.2) is 5.11 Å². The van der Waals surface area contributed by atoms with Crippen molar-refractivity contribution in [3.63, 3.8) is 0 Å². The number of aryl methyl sites for hydroxylation is 1. The minimum atomic E-state index is 0.734. The Hall–Kier alpha value is -1.87. The van der Waals surface area contributed by atoms with E-state index in [9.17, 15) is 0 Å². The quantitative estimate of drug-likeness (QED) is 0.854. The summed E-state index contributed by atoms with van der Waals surface area (Å²) in [6.07, 6.45) is 0.